The molecule has 0 aliphatic heterocycles. The largest absolute Gasteiger partial charge is 0.493 e. The number of nitrogens with one attached hydrogen (secondary N) is 1. The summed E-state index contributed by atoms with van der Waals surface area (Å²) in [6, 6.07) is 4.82. The first-order valence-corrected chi connectivity index (χ1v) is 7.46. The molecule has 0 unspecified atom stereocenters. The lowest BCUT2D eigenvalue weighted by atomic mass is 10.2. The van der Waals surface area contributed by atoms with Gasteiger partial charge in [-0.25, -0.2) is 4.39 Å². The van der Waals surface area contributed by atoms with E-state index in [0.717, 1.165) is 24.9 Å². The lowest BCUT2D eigenvalue weighted by Crippen LogP contribution is -2.14. The Labute approximate surface area is 126 Å². The number of halogens is 1. The van der Waals surface area contributed by atoms with E-state index in [0.29, 0.717) is 38.7 Å². The van der Waals surface area contributed by atoms with Gasteiger partial charge >= 0.3 is 0 Å². The molecule has 0 atom stereocenters. The highest BCUT2D eigenvalue weighted by Gasteiger charge is 2.02. The second-order valence-corrected chi connectivity index (χ2v) is 4.78. The van der Waals surface area contributed by atoms with E-state index >= 15 is 0 Å². The first-order chi connectivity index (χ1) is 10.3. The van der Waals surface area contributed by atoms with Crippen LogP contribution in [0.3, 0.4) is 0 Å². The number of hydrogen-bond acceptors (Lipinski definition) is 4. The van der Waals surface area contributed by atoms with Crippen molar-refractivity contribution < 1.29 is 18.6 Å². The van der Waals surface area contributed by atoms with Crippen LogP contribution < -0.4 is 10.1 Å². The highest BCUT2D eigenvalue weighted by molar-refractivity contribution is 5.29. The minimum Gasteiger partial charge on any atom is -0.493 e. The molecule has 0 aliphatic rings. The molecule has 5 heteroatoms. The number of hydrogen-bond donors (Lipinski definition) is 1. The van der Waals surface area contributed by atoms with Crippen molar-refractivity contribution in [3.63, 3.8) is 0 Å². The lowest BCUT2D eigenvalue weighted by molar-refractivity contribution is 0.0644. The maximum absolute atomic E-state index is 13.5. The van der Waals surface area contributed by atoms with Crippen LogP contribution in [0, 0.1) is 5.82 Å². The Balaban J connectivity index is 2.27. The fraction of sp³-hybridized carbons (Fsp3) is 0.625. The molecule has 1 aromatic carbocycles. The molecule has 1 N–H and O–H groups in total. The first kappa shape index (κ1) is 17.9. The molecule has 0 aromatic heterocycles. The average Bonchev–Trinajstić information content (AvgIpc) is 2.46. The normalized spacial score (nSPS) is 10.8. The van der Waals surface area contributed by atoms with Gasteiger partial charge in [0, 0.05) is 32.7 Å². The fourth-order valence-corrected chi connectivity index (χ4v) is 1.81. The van der Waals surface area contributed by atoms with Crippen LogP contribution in [0.4, 0.5) is 4.39 Å². The zero-order valence-corrected chi connectivity index (χ0v) is 13.0. The van der Waals surface area contributed by atoms with Crippen molar-refractivity contribution in [3.8, 4) is 5.75 Å². The van der Waals surface area contributed by atoms with E-state index in [1.807, 2.05) is 6.07 Å². The van der Waals surface area contributed by atoms with E-state index in [1.54, 1.807) is 7.11 Å². The van der Waals surface area contributed by atoms with Gasteiger partial charge in [0.05, 0.1) is 19.8 Å². The van der Waals surface area contributed by atoms with Crippen molar-refractivity contribution >= 4 is 0 Å². The lowest BCUT2D eigenvalue weighted by Gasteiger charge is -2.09. The molecule has 0 saturated carbocycles. The Hall–Kier alpha value is -1.17. The van der Waals surface area contributed by atoms with Crippen molar-refractivity contribution in [2.45, 2.75) is 26.3 Å². The second-order valence-electron chi connectivity index (χ2n) is 4.78. The molecule has 0 aliphatic carbocycles. The fourth-order valence-electron chi connectivity index (χ4n) is 1.81. The van der Waals surface area contributed by atoms with Crippen molar-refractivity contribution in [1.29, 1.82) is 0 Å². The van der Waals surface area contributed by atoms with E-state index in [4.69, 9.17) is 14.2 Å². The van der Waals surface area contributed by atoms with Gasteiger partial charge in [0.1, 0.15) is 11.6 Å². The Morgan fingerprint density at radius 1 is 1.10 bits per heavy atom. The molecule has 1 aromatic rings. The third-order valence-corrected chi connectivity index (χ3v) is 2.82. The molecule has 0 amide bonds. The van der Waals surface area contributed by atoms with Gasteiger partial charge in [0.15, 0.2) is 0 Å². The molecule has 0 bridgehead atoms. The number of methoxy groups -OCH3 is 1. The Morgan fingerprint density at radius 3 is 2.71 bits per heavy atom. The Morgan fingerprint density at radius 2 is 1.95 bits per heavy atom. The van der Waals surface area contributed by atoms with Crippen molar-refractivity contribution in [1.82, 2.24) is 5.32 Å². The third-order valence-electron chi connectivity index (χ3n) is 2.82. The summed E-state index contributed by atoms with van der Waals surface area (Å²) in [7, 11) is 1.64. The SMILES string of the molecule is CCCNCc1cc(F)cc(OCCCOCCOC)c1. The number of ether oxygens (including phenoxy) is 3. The minimum atomic E-state index is -0.267. The van der Waals surface area contributed by atoms with Crippen LogP contribution in [0.15, 0.2) is 18.2 Å². The van der Waals surface area contributed by atoms with E-state index in [9.17, 15) is 4.39 Å². The van der Waals surface area contributed by atoms with Crippen LogP contribution in [0.25, 0.3) is 0 Å². The van der Waals surface area contributed by atoms with Gasteiger partial charge in [-0.2, -0.15) is 0 Å². The van der Waals surface area contributed by atoms with Crippen molar-refractivity contribution in [2.24, 2.45) is 0 Å². The number of benzene rings is 1. The maximum atomic E-state index is 13.5. The monoisotopic (exact) mass is 299 g/mol. The molecule has 0 heterocycles. The zero-order valence-electron chi connectivity index (χ0n) is 13.0. The summed E-state index contributed by atoms with van der Waals surface area (Å²) >= 11 is 0. The van der Waals surface area contributed by atoms with Crippen LogP contribution >= 0.6 is 0 Å². The van der Waals surface area contributed by atoms with E-state index < -0.39 is 0 Å². The van der Waals surface area contributed by atoms with Gasteiger partial charge in [-0.05, 0) is 30.7 Å². The quantitative estimate of drug-likeness (QED) is 0.602. The summed E-state index contributed by atoms with van der Waals surface area (Å²) in [5.74, 6) is 0.303. The van der Waals surface area contributed by atoms with E-state index in [1.165, 1.54) is 12.1 Å². The van der Waals surface area contributed by atoms with Crippen LogP contribution in [0.2, 0.25) is 0 Å². The summed E-state index contributed by atoms with van der Waals surface area (Å²) in [4.78, 5) is 0. The molecule has 0 radical (unpaired) electrons. The third kappa shape index (κ3) is 8.65. The molecule has 0 saturated heterocycles. The molecular weight excluding hydrogens is 273 g/mol. The average molecular weight is 299 g/mol. The minimum absolute atomic E-state index is 0.267. The highest BCUT2D eigenvalue weighted by Crippen LogP contribution is 2.16. The van der Waals surface area contributed by atoms with Gasteiger partial charge in [-0.3, -0.25) is 0 Å². The van der Waals surface area contributed by atoms with Crippen molar-refractivity contribution in [3.05, 3.63) is 29.6 Å². The van der Waals surface area contributed by atoms with E-state index in [-0.39, 0.29) is 5.82 Å². The van der Waals surface area contributed by atoms with Crippen molar-refractivity contribution in [2.75, 3.05) is 40.1 Å². The standard InChI is InChI=1S/C16H26FNO3/c1-3-5-18-13-14-10-15(17)12-16(11-14)21-7-4-6-20-9-8-19-2/h10-12,18H,3-9,13H2,1-2H3. The highest BCUT2D eigenvalue weighted by atomic mass is 19.1. The smallest absolute Gasteiger partial charge is 0.127 e. The topological polar surface area (TPSA) is 39.7 Å². The molecule has 0 fully saturated rings. The van der Waals surface area contributed by atoms with Crippen LogP contribution in [0.1, 0.15) is 25.3 Å². The summed E-state index contributed by atoms with van der Waals surface area (Å²) in [5.41, 5.74) is 0.898. The van der Waals surface area contributed by atoms with Gasteiger partial charge in [-0.15, -0.1) is 0 Å². The summed E-state index contributed by atoms with van der Waals surface area (Å²) in [6.45, 7) is 5.99. The van der Waals surface area contributed by atoms with Gasteiger partial charge in [-0.1, -0.05) is 6.92 Å². The summed E-state index contributed by atoms with van der Waals surface area (Å²) in [6.07, 6.45) is 1.82. The molecule has 120 valence electrons. The Bertz CT molecular complexity index is 388. The van der Waals surface area contributed by atoms with E-state index in [2.05, 4.69) is 12.2 Å². The van der Waals surface area contributed by atoms with Gasteiger partial charge in [0.25, 0.3) is 0 Å². The Kier molecular flexibility index (Phi) is 9.78. The molecule has 1 rings (SSSR count). The maximum Gasteiger partial charge on any atom is 0.127 e. The summed E-state index contributed by atoms with van der Waals surface area (Å²) < 4.78 is 29.3. The predicted octanol–water partition coefficient (Wildman–Crippen LogP) is 2.76. The van der Waals surface area contributed by atoms with Gasteiger partial charge < -0.3 is 19.5 Å². The second kappa shape index (κ2) is 11.5. The molecular formula is C16H26FNO3. The molecule has 21 heavy (non-hydrogen) atoms. The van der Waals surface area contributed by atoms with Crippen LogP contribution in [0.5, 0.6) is 5.75 Å². The molecule has 4 nitrogen and oxygen atoms in total. The zero-order chi connectivity index (χ0) is 15.3. The first-order valence-electron chi connectivity index (χ1n) is 7.46. The number of rotatable bonds is 12. The van der Waals surface area contributed by atoms with Gasteiger partial charge in [0.2, 0.25) is 0 Å². The molecule has 0 spiro atoms. The predicted molar refractivity (Wildman–Crippen MR) is 81.2 cm³/mol. The van der Waals surface area contributed by atoms with Crippen LogP contribution in [-0.4, -0.2) is 40.1 Å². The summed E-state index contributed by atoms with van der Waals surface area (Å²) in [5, 5.41) is 3.25. The van der Waals surface area contributed by atoms with Crippen LogP contribution in [-0.2, 0) is 16.0 Å².